The molecule has 1 N–H and O–H groups in total. The van der Waals surface area contributed by atoms with Crippen molar-refractivity contribution in [2.24, 2.45) is 11.8 Å². The zero-order valence-electron chi connectivity index (χ0n) is 10.4. The third-order valence-electron chi connectivity index (χ3n) is 3.13. The molecule has 0 bridgehead atoms. The summed E-state index contributed by atoms with van der Waals surface area (Å²) in [6.07, 6.45) is 0. The topological polar surface area (TPSA) is 37.3 Å². The predicted molar refractivity (Wildman–Crippen MR) is 65.7 cm³/mol. The van der Waals surface area contributed by atoms with Gasteiger partial charge in [0.1, 0.15) is 0 Å². The molecule has 2 heteroatoms. The third-order valence-corrected chi connectivity index (χ3v) is 3.13. The smallest absolute Gasteiger partial charge is 0.168 e. The van der Waals surface area contributed by atoms with Crippen molar-refractivity contribution in [1.29, 1.82) is 0 Å². The van der Waals surface area contributed by atoms with Gasteiger partial charge in [-0.3, -0.25) is 4.79 Å². The summed E-state index contributed by atoms with van der Waals surface area (Å²) in [4.78, 5) is 12.1. The number of benzene rings is 1. The van der Waals surface area contributed by atoms with Crippen LogP contribution in [-0.2, 0) is 0 Å². The lowest BCUT2D eigenvalue weighted by Gasteiger charge is -2.17. The summed E-state index contributed by atoms with van der Waals surface area (Å²) in [7, 11) is 0. The van der Waals surface area contributed by atoms with Crippen LogP contribution in [0.3, 0.4) is 0 Å². The molecule has 0 saturated carbocycles. The summed E-state index contributed by atoms with van der Waals surface area (Å²) in [6, 6.07) is 5.70. The van der Waals surface area contributed by atoms with Crippen molar-refractivity contribution in [2.45, 2.75) is 27.7 Å². The van der Waals surface area contributed by atoms with Crippen molar-refractivity contribution >= 4 is 5.78 Å². The van der Waals surface area contributed by atoms with Crippen LogP contribution in [0, 0.1) is 25.7 Å². The standard InChI is InChI=1S/C14H20O2/c1-9(2)13(8-15)14(16)12-6-5-10(3)11(4)7-12/h5-7,9,13,15H,8H2,1-4H3. The molecule has 0 aliphatic carbocycles. The van der Waals surface area contributed by atoms with Crippen molar-refractivity contribution in [2.75, 3.05) is 6.61 Å². The molecule has 0 fully saturated rings. The van der Waals surface area contributed by atoms with Crippen LogP contribution in [0.15, 0.2) is 18.2 Å². The number of aliphatic hydroxyl groups excluding tert-OH is 1. The average Bonchev–Trinajstić information content (AvgIpc) is 2.22. The number of ketones is 1. The lowest BCUT2D eigenvalue weighted by molar-refractivity contribution is 0.0806. The first-order chi connectivity index (χ1) is 7.47. The normalized spacial score (nSPS) is 12.9. The van der Waals surface area contributed by atoms with Crippen LogP contribution in [-0.4, -0.2) is 17.5 Å². The fourth-order valence-electron chi connectivity index (χ4n) is 1.71. The van der Waals surface area contributed by atoms with Crippen LogP contribution < -0.4 is 0 Å². The second-order valence-electron chi connectivity index (χ2n) is 4.70. The Labute approximate surface area is 97.3 Å². The number of Topliss-reactive ketones (excluding diaryl/α,β-unsaturated/α-hetero) is 1. The third kappa shape index (κ3) is 2.70. The van der Waals surface area contributed by atoms with Gasteiger partial charge in [-0.1, -0.05) is 26.0 Å². The van der Waals surface area contributed by atoms with Gasteiger partial charge in [0, 0.05) is 11.5 Å². The second-order valence-corrected chi connectivity index (χ2v) is 4.70. The van der Waals surface area contributed by atoms with Crippen LogP contribution >= 0.6 is 0 Å². The van der Waals surface area contributed by atoms with Crippen molar-refractivity contribution in [3.63, 3.8) is 0 Å². The van der Waals surface area contributed by atoms with Gasteiger partial charge in [0.25, 0.3) is 0 Å². The number of hydrogen-bond acceptors (Lipinski definition) is 2. The highest BCUT2D eigenvalue weighted by molar-refractivity contribution is 5.98. The van der Waals surface area contributed by atoms with Crippen molar-refractivity contribution < 1.29 is 9.90 Å². The maximum Gasteiger partial charge on any atom is 0.168 e. The number of hydrogen-bond donors (Lipinski definition) is 1. The number of carbonyl (C=O) groups is 1. The SMILES string of the molecule is Cc1ccc(C(=O)C(CO)C(C)C)cc1C. The Kier molecular flexibility index (Phi) is 4.25. The summed E-state index contributed by atoms with van der Waals surface area (Å²) in [5.41, 5.74) is 3.00. The Bertz CT molecular complexity index is 380. The largest absolute Gasteiger partial charge is 0.396 e. The van der Waals surface area contributed by atoms with Gasteiger partial charge in [0.15, 0.2) is 5.78 Å². The molecule has 1 aromatic carbocycles. The Morgan fingerprint density at radius 1 is 1.25 bits per heavy atom. The Hall–Kier alpha value is -1.15. The van der Waals surface area contributed by atoms with E-state index in [0.717, 1.165) is 5.56 Å². The van der Waals surface area contributed by atoms with Crippen LogP contribution in [0.5, 0.6) is 0 Å². The number of carbonyl (C=O) groups excluding carboxylic acids is 1. The van der Waals surface area contributed by atoms with Gasteiger partial charge >= 0.3 is 0 Å². The minimum atomic E-state index is -0.290. The molecule has 2 nitrogen and oxygen atoms in total. The monoisotopic (exact) mass is 220 g/mol. The maximum atomic E-state index is 12.1. The summed E-state index contributed by atoms with van der Waals surface area (Å²) in [6.45, 7) is 7.86. The van der Waals surface area contributed by atoms with E-state index < -0.39 is 0 Å². The first-order valence-electron chi connectivity index (χ1n) is 5.69. The van der Waals surface area contributed by atoms with Crippen LogP contribution in [0.25, 0.3) is 0 Å². The van der Waals surface area contributed by atoms with E-state index >= 15 is 0 Å². The molecule has 0 aliphatic heterocycles. The lowest BCUT2D eigenvalue weighted by atomic mass is 9.88. The average molecular weight is 220 g/mol. The van der Waals surface area contributed by atoms with Crippen LogP contribution in [0.2, 0.25) is 0 Å². The quantitative estimate of drug-likeness (QED) is 0.792. The molecule has 0 aromatic heterocycles. The van der Waals surface area contributed by atoms with Gasteiger partial charge < -0.3 is 5.11 Å². The first kappa shape index (κ1) is 12.9. The number of aryl methyl sites for hydroxylation is 2. The lowest BCUT2D eigenvalue weighted by Crippen LogP contribution is -2.24. The summed E-state index contributed by atoms with van der Waals surface area (Å²) < 4.78 is 0. The fraction of sp³-hybridized carbons (Fsp3) is 0.500. The van der Waals surface area contributed by atoms with E-state index in [0.29, 0.717) is 5.56 Å². The zero-order valence-corrected chi connectivity index (χ0v) is 10.4. The first-order valence-corrected chi connectivity index (χ1v) is 5.69. The van der Waals surface area contributed by atoms with Gasteiger partial charge in [0.2, 0.25) is 0 Å². The van der Waals surface area contributed by atoms with Crippen molar-refractivity contribution in [3.8, 4) is 0 Å². The highest BCUT2D eigenvalue weighted by Gasteiger charge is 2.22. The molecule has 1 unspecified atom stereocenters. The molecule has 1 rings (SSSR count). The van der Waals surface area contributed by atoms with E-state index in [4.69, 9.17) is 0 Å². The van der Waals surface area contributed by atoms with E-state index in [-0.39, 0.29) is 24.2 Å². The molecular weight excluding hydrogens is 200 g/mol. The molecule has 1 atom stereocenters. The van der Waals surface area contributed by atoms with Gasteiger partial charge in [-0.2, -0.15) is 0 Å². The van der Waals surface area contributed by atoms with Gasteiger partial charge in [-0.25, -0.2) is 0 Å². The number of rotatable bonds is 4. The second kappa shape index (κ2) is 5.26. The fourth-order valence-corrected chi connectivity index (χ4v) is 1.71. The van der Waals surface area contributed by atoms with Crippen molar-refractivity contribution in [1.82, 2.24) is 0 Å². The summed E-state index contributed by atoms with van der Waals surface area (Å²) >= 11 is 0. The minimum absolute atomic E-state index is 0.0422. The molecule has 88 valence electrons. The molecule has 16 heavy (non-hydrogen) atoms. The summed E-state index contributed by atoms with van der Waals surface area (Å²) in [5.74, 6) is -0.0817. The zero-order chi connectivity index (χ0) is 12.3. The highest BCUT2D eigenvalue weighted by atomic mass is 16.3. The molecule has 0 saturated heterocycles. The van der Waals surface area contributed by atoms with Crippen LogP contribution in [0.1, 0.15) is 35.3 Å². The molecule has 0 aliphatic rings. The molecule has 0 spiro atoms. The number of aliphatic hydroxyl groups is 1. The van der Waals surface area contributed by atoms with Gasteiger partial charge in [-0.15, -0.1) is 0 Å². The van der Waals surface area contributed by atoms with Gasteiger partial charge in [-0.05, 0) is 37.0 Å². The predicted octanol–water partition coefficient (Wildman–Crippen LogP) is 2.75. The van der Waals surface area contributed by atoms with E-state index in [1.165, 1.54) is 5.56 Å². The van der Waals surface area contributed by atoms with Crippen LogP contribution in [0.4, 0.5) is 0 Å². The molecule has 1 aromatic rings. The molecule has 0 radical (unpaired) electrons. The van der Waals surface area contributed by atoms with E-state index in [9.17, 15) is 9.90 Å². The Balaban J connectivity index is 2.99. The molecule has 0 heterocycles. The molecule has 0 amide bonds. The van der Waals surface area contributed by atoms with E-state index in [1.54, 1.807) is 0 Å². The Morgan fingerprint density at radius 2 is 1.88 bits per heavy atom. The minimum Gasteiger partial charge on any atom is -0.396 e. The molecular formula is C14H20O2. The highest BCUT2D eigenvalue weighted by Crippen LogP contribution is 2.19. The summed E-state index contributed by atoms with van der Waals surface area (Å²) in [5, 5.41) is 9.23. The van der Waals surface area contributed by atoms with Crippen molar-refractivity contribution in [3.05, 3.63) is 34.9 Å². The van der Waals surface area contributed by atoms with E-state index in [2.05, 4.69) is 0 Å². The van der Waals surface area contributed by atoms with Gasteiger partial charge in [0.05, 0.1) is 6.61 Å². The maximum absolute atomic E-state index is 12.1. The van der Waals surface area contributed by atoms with E-state index in [1.807, 2.05) is 45.9 Å². The Morgan fingerprint density at radius 3 is 2.31 bits per heavy atom.